The molecule has 1 nitrogen and oxygen atoms in total. The zero-order valence-corrected chi connectivity index (χ0v) is 9.03. The van der Waals surface area contributed by atoms with Gasteiger partial charge in [-0.25, -0.2) is 4.39 Å². The monoisotopic (exact) mass is 211 g/mol. The van der Waals surface area contributed by atoms with Crippen LogP contribution in [0.5, 0.6) is 0 Å². The molecule has 1 saturated heterocycles. The Hall–Kier alpha value is -0.540. The van der Waals surface area contributed by atoms with Crippen LogP contribution in [0, 0.1) is 12.7 Å². The zero-order valence-electron chi connectivity index (χ0n) is 8.22. The van der Waals surface area contributed by atoms with Crippen molar-refractivity contribution in [2.24, 2.45) is 0 Å². The van der Waals surface area contributed by atoms with Crippen LogP contribution >= 0.6 is 11.8 Å². The average Bonchev–Trinajstić information content (AvgIpc) is 2.64. The molecule has 0 amide bonds. The van der Waals surface area contributed by atoms with Gasteiger partial charge in [-0.3, -0.25) is 0 Å². The van der Waals surface area contributed by atoms with Gasteiger partial charge in [0, 0.05) is 16.7 Å². The minimum Gasteiger partial charge on any atom is -0.316 e. The summed E-state index contributed by atoms with van der Waals surface area (Å²) in [6.07, 6.45) is 1.21. The molecule has 0 saturated carbocycles. The number of halogens is 1. The Morgan fingerprint density at radius 3 is 3.00 bits per heavy atom. The highest BCUT2D eigenvalue weighted by atomic mass is 32.2. The van der Waals surface area contributed by atoms with Crippen molar-refractivity contribution in [2.75, 3.05) is 13.1 Å². The van der Waals surface area contributed by atoms with E-state index in [0.29, 0.717) is 5.25 Å². The maximum Gasteiger partial charge on any atom is 0.126 e. The van der Waals surface area contributed by atoms with E-state index in [9.17, 15) is 4.39 Å². The predicted molar refractivity (Wildman–Crippen MR) is 58.3 cm³/mol. The molecule has 1 atom stereocenters. The molecule has 1 fully saturated rings. The normalized spacial score (nSPS) is 21.4. The molecular formula is C11H14FNS. The van der Waals surface area contributed by atoms with Gasteiger partial charge >= 0.3 is 0 Å². The first-order valence-electron chi connectivity index (χ1n) is 4.89. The van der Waals surface area contributed by atoms with E-state index in [4.69, 9.17) is 0 Å². The molecule has 0 aliphatic carbocycles. The van der Waals surface area contributed by atoms with E-state index in [1.807, 2.05) is 30.8 Å². The Bertz CT molecular complexity index is 321. The quantitative estimate of drug-likeness (QED) is 0.807. The highest BCUT2D eigenvalue weighted by molar-refractivity contribution is 8.00. The number of thioether (sulfide) groups is 1. The fourth-order valence-electron chi connectivity index (χ4n) is 1.61. The maximum atomic E-state index is 13.0. The molecule has 3 heteroatoms. The fourth-order valence-corrected chi connectivity index (χ4v) is 2.82. The van der Waals surface area contributed by atoms with Crippen LogP contribution in [0.2, 0.25) is 0 Å². The molecule has 0 spiro atoms. The average molecular weight is 211 g/mol. The second-order valence-electron chi connectivity index (χ2n) is 3.64. The van der Waals surface area contributed by atoms with E-state index in [0.717, 1.165) is 18.7 Å². The maximum absolute atomic E-state index is 13.0. The number of rotatable bonds is 2. The minimum atomic E-state index is -0.112. The topological polar surface area (TPSA) is 12.0 Å². The number of nitrogens with one attached hydrogen (secondary N) is 1. The minimum absolute atomic E-state index is 0.112. The standard InChI is InChI=1S/C11H14FNS/c1-8-6-9(2-3-11(8)12)14-10-4-5-13-7-10/h2-3,6,10,13H,4-5,7H2,1H3. The molecule has 2 rings (SSSR count). The van der Waals surface area contributed by atoms with E-state index in [1.54, 1.807) is 6.07 Å². The SMILES string of the molecule is Cc1cc(SC2CCNC2)ccc1F. The summed E-state index contributed by atoms with van der Waals surface area (Å²) in [6, 6.07) is 5.35. The van der Waals surface area contributed by atoms with Crippen molar-refractivity contribution in [3.63, 3.8) is 0 Å². The Morgan fingerprint density at radius 1 is 1.50 bits per heavy atom. The molecule has 0 bridgehead atoms. The first-order valence-corrected chi connectivity index (χ1v) is 5.77. The lowest BCUT2D eigenvalue weighted by atomic mass is 10.2. The number of aryl methyl sites for hydroxylation is 1. The van der Waals surface area contributed by atoms with Crippen LogP contribution < -0.4 is 5.32 Å². The third-order valence-electron chi connectivity index (χ3n) is 2.45. The van der Waals surface area contributed by atoms with Gasteiger partial charge in [-0.1, -0.05) is 0 Å². The lowest BCUT2D eigenvalue weighted by Crippen LogP contribution is -2.09. The van der Waals surface area contributed by atoms with Gasteiger partial charge in [0.2, 0.25) is 0 Å². The van der Waals surface area contributed by atoms with Gasteiger partial charge in [-0.2, -0.15) is 0 Å². The van der Waals surface area contributed by atoms with E-state index in [2.05, 4.69) is 5.32 Å². The van der Waals surface area contributed by atoms with Gasteiger partial charge in [-0.05, 0) is 43.7 Å². The van der Waals surface area contributed by atoms with E-state index in [-0.39, 0.29) is 5.82 Å². The summed E-state index contributed by atoms with van der Waals surface area (Å²) in [5.41, 5.74) is 0.737. The van der Waals surface area contributed by atoms with Crippen LogP contribution in [-0.4, -0.2) is 18.3 Å². The Labute approximate surface area is 88.1 Å². The molecule has 0 radical (unpaired) electrons. The van der Waals surface area contributed by atoms with Gasteiger partial charge < -0.3 is 5.32 Å². The van der Waals surface area contributed by atoms with Crippen molar-refractivity contribution < 1.29 is 4.39 Å². The molecule has 1 unspecified atom stereocenters. The van der Waals surface area contributed by atoms with Gasteiger partial charge in [0.1, 0.15) is 5.82 Å². The second-order valence-corrected chi connectivity index (χ2v) is 5.02. The first kappa shape index (κ1) is 9.99. The van der Waals surface area contributed by atoms with Gasteiger partial charge in [0.25, 0.3) is 0 Å². The van der Waals surface area contributed by atoms with Gasteiger partial charge in [0.05, 0.1) is 0 Å². The van der Waals surface area contributed by atoms with Crippen LogP contribution in [0.3, 0.4) is 0 Å². The van der Waals surface area contributed by atoms with Crippen LogP contribution in [0.15, 0.2) is 23.1 Å². The Morgan fingerprint density at radius 2 is 2.36 bits per heavy atom. The number of benzene rings is 1. The predicted octanol–water partition coefficient (Wildman–Crippen LogP) is 2.59. The molecule has 1 heterocycles. The largest absolute Gasteiger partial charge is 0.316 e. The summed E-state index contributed by atoms with van der Waals surface area (Å²) in [7, 11) is 0. The van der Waals surface area contributed by atoms with Crippen molar-refractivity contribution in [3.8, 4) is 0 Å². The molecule has 1 aromatic rings. The Balaban J connectivity index is 2.05. The van der Waals surface area contributed by atoms with Crippen LogP contribution in [0.1, 0.15) is 12.0 Å². The van der Waals surface area contributed by atoms with Crippen LogP contribution in [-0.2, 0) is 0 Å². The van der Waals surface area contributed by atoms with E-state index < -0.39 is 0 Å². The molecule has 1 N–H and O–H groups in total. The van der Waals surface area contributed by atoms with Crippen molar-refractivity contribution in [1.29, 1.82) is 0 Å². The van der Waals surface area contributed by atoms with Crippen LogP contribution in [0.4, 0.5) is 4.39 Å². The summed E-state index contributed by atoms with van der Waals surface area (Å²) in [6.45, 7) is 3.99. The fraction of sp³-hybridized carbons (Fsp3) is 0.455. The second kappa shape index (κ2) is 4.32. The highest BCUT2D eigenvalue weighted by Gasteiger charge is 2.15. The summed E-state index contributed by atoms with van der Waals surface area (Å²) in [5, 5.41) is 3.98. The third-order valence-corrected chi connectivity index (χ3v) is 3.71. The zero-order chi connectivity index (χ0) is 9.97. The molecular weight excluding hydrogens is 197 g/mol. The van der Waals surface area contributed by atoms with Crippen molar-refractivity contribution in [3.05, 3.63) is 29.6 Å². The van der Waals surface area contributed by atoms with E-state index >= 15 is 0 Å². The molecule has 14 heavy (non-hydrogen) atoms. The summed E-state index contributed by atoms with van der Waals surface area (Å²) in [4.78, 5) is 1.18. The van der Waals surface area contributed by atoms with E-state index in [1.165, 1.54) is 11.3 Å². The Kier molecular flexibility index (Phi) is 3.08. The summed E-state index contributed by atoms with van der Waals surface area (Å²) >= 11 is 1.84. The summed E-state index contributed by atoms with van der Waals surface area (Å²) in [5.74, 6) is -0.112. The smallest absolute Gasteiger partial charge is 0.126 e. The summed E-state index contributed by atoms with van der Waals surface area (Å²) < 4.78 is 13.0. The number of hydrogen-bond acceptors (Lipinski definition) is 2. The third kappa shape index (κ3) is 2.28. The molecule has 1 aromatic carbocycles. The molecule has 1 aliphatic heterocycles. The lowest BCUT2D eigenvalue weighted by molar-refractivity contribution is 0.617. The number of hydrogen-bond donors (Lipinski definition) is 1. The van der Waals surface area contributed by atoms with Crippen molar-refractivity contribution >= 4 is 11.8 Å². The molecule has 0 aromatic heterocycles. The highest BCUT2D eigenvalue weighted by Crippen LogP contribution is 2.27. The van der Waals surface area contributed by atoms with Gasteiger partial charge in [-0.15, -0.1) is 11.8 Å². The van der Waals surface area contributed by atoms with Crippen molar-refractivity contribution in [2.45, 2.75) is 23.5 Å². The molecule has 76 valence electrons. The van der Waals surface area contributed by atoms with Crippen LogP contribution in [0.25, 0.3) is 0 Å². The first-order chi connectivity index (χ1) is 6.75. The molecule has 1 aliphatic rings. The lowest BCUT2D eigenvalue weighted by Gasteiger charge is -2.08. The van der Waals surface area contributed by atoms with Crippen molar-refractivity contribution in [1.82, 2.24) is 5.32 Å². The van der Waals surface area contributed by atoms with Gasteiger partial charge in [0.15, 0.2) is 0 Å².